The number of methoxy groups -OCH3 is 1. The van der Waals surface area contributed by atoms with Gasteiger partial charge in [0.05, 0.1) is 7.11 Å². The van der Waals surface area contributed by atoms with Gasteiger partial charge in [-0.1, -0.05) is 18.7 Å². The van der Waals surface area contributed by atoms with Gasteiger partial charge in [-0.3, -0.25) is 0 Å². The van der Waals surface area contributed by atoms with Crippen LogP contribution in [0.4, 0.5) is 0 Å². The Morgan fingerprint density at radius 1 is 1.35 bits per heavy atom. The van der Waals surface area contributed by atoms with E-state index in [0.29, 0.717) is 10.3 Å². The first-order valence-electron chi connectivity index (χ1n) is 7.90. The molecule has 0 saturated carbocycles. The minimum Gasteiger partial charge on any atom is -0.496 e. The van der Waals surface area contributed by atoms with Crippen LogP contribution in [0, 0.1) is 6.92 Å². The minimum absolute atomic E-state index is 0.0551. The van der Waals surface area contributed by atoms with E-state index < -0.39 is 5.60 Å². The Hall–Kier alpha value is -0.940. The van der Waals surface area contributed by atoms with E-state index in [4.69, 9.17) is 26.4 Å². The van der Waals surface area contributed by atoms with Crippen LogP contribution in [0.15, 0.2) is 12.1 Å². The fraction of sp³-hybridized carbons (Fsp3) is 0.611. The van der Waals surface area contributed by atoms with Crippen LogP contribution in [0.25, 0.3) is 0 Å². The van der Waals surface area contributed by atoms with E-state index >= 15 is 0 Å². The predicted octanol–water partition coefficient (Wildman–Crippen LogP) is 5.09. The van der Waals surface area contributed by atoms with Gasteiger partial charge in [0.15, 0.2) is 0 Å². The molecule has 0 bridgehead atoms. The van der Waals surface area contributed by atoms with Gasteiger partial charge in [-0.15, -0.1) is 0 Å². The van der Waals surface area contributed by atoms with Gasteiger partial charge in [0.2, 0.25) is 4.38 Å². The molecule has 1 aromatic carbocycles. The summed E-state index contributed by atoms with van der Waals surface area (Å²) in [6, 6.07) is 4.18. The lowest BCUT2D eigenvalue weighted by molar-refractivity contribution is -0.0264. The molecule has 1 aromatic rings. The van der Waals surface area contributed by atoms with Crippen molar-refractivity contribution < 1.29 is 14.2 Å². The maximum atomic E-state index is 6.38. The van der Waals surface area contributed by atoms with Crippen molar-refractivity contribution in [2.45, 2.75) is 58.2 Å². The molecule has 2 rings (SSSR count). The van der Waals surface area contributed by atoms with Crippen molar-refractivity contribution in [3.63, 3.8) is 0 Å². The van der Waals surface area contributed by atoms with Gasteiger partial charge in [0, 0.05) is 5.56 Å². The highest BCUT2D eigenvalue weighted by Gasteiger charge is 2.37. The summed E-state index contributed by atoms with van der Waals surface area (Å²) in [5.74, 6) is 2.21. The average molecular weight is 355 g/mol. The predicted molar refractivity (Wildman–Crippen MR) is 101 cm³/mol. The summed E-state index contributed by atoms with van der Waals surface area (Å²) in [7, 11) is 1.71. The summed E-state index contributed by atoms with van der Waals surface area (Å²) in [5, 5.41) is 0. The standard InChI is InChI=1S/C18H26O3S2/c1-11-7-8-16(20-17(22)23-6)18(3,4)21-15-9-12(2)14(19-5)10-13(11)15/h9-11,16H,7-8H2,1-6H3/t11-,16+/m0/s1. The van der Waals surface area contributed by atoms with Crippen molar-refractivity contribution in [3.8, 4) is 11.5 Å². The summed E-state index contributed by atoms with van der Waals surface area (Å²) in [4.78, 5) is 0. The lowest BCUT2D eigenvalue weighted by Gasteiger charge is -2.38. The molecule has 0 aromatic heterocycles. The molecule has 23 heavy (non-hydrogen) atoms. The highest BCUT2D eigenvalue weighted by molar-refractivity contribution is 8.22. The molecule has 1 heterocycles. The number of benzene rings is 1. The van der Waals surface area contributed by atoms with Gasteiger partial charge in [-0.05, 0) is 75.7 Å². The number of thioether (sulfide) groups is 1. The van der Waals surface area contributed by atoms with Gasteiger partial charge in [0.1, 0.15) is 23.2 Å². The van der Waals surface area contributed by atoms with Crippen molar-refractivity contribution >= 4 is 28.4 Å². The SMILES string of the molecule is COc1cc2c(cc1C)OC(C)(C)[C@H](OC(=S)SC)CC[C@@H]2C. The summed E-state index contributed by atoms with van der Waals surface area (Å²) < 4.78 is 18.4. The third kappa shape index (κ3) is 4.13. The zero-order valence-corrected chi connectivity index (χ0v) is 16.4. The average Bonchev–Trinajstić information content (AvgIpc) is 2.49. The zero-order valence-electron chi connectivity index (χ0n) is 14.8. The van der Waals surface area contributed by atoms with Crippen LogP contribution in [0.1, 0.15) is 50.7 Å². The second kappa shape index (κ2) is 7.31. The fourth-order valence-corrected chi connectivity index (χ4v) is 3.32. The number of hydrogen-bond donors (Lipinski definition) is 0. The fourth-order valence-electron chi connectivity index (χ4n) is 2.99. The lowest BCUT2D eigenvalue weighted by Crippen LogP contribution is -2.45. The Morgan fingerprint density at radius 2 is 2.04 bits per heavy atom. The molecule has 0 fully saturated rings. The second-order valence-corrected chi connectivity index (χ2v) is 8.01. The summed E-state index contributed by atoms with van der Waals surface area (Å²) >= 11 is 6.71. The molecule has 3 nitrogen and oxygen atoms in total. The van der Waals surface area contributed by atoms with Gasteiger partial charge >= 0.3 is 0 Å². The monoisotopic (exact) mass is 354 g/mol. The molecule has 2 atom stereocenters. The van der Waals surface area contributed by atoms with Crippen LogP contribution >= 0.6 is 24.0 Å². The molecule has 0 N–H and O–H groups in total. The van der Waals surface area contributed by atoms with Gasteiger partial charge < -0.3 is 14.2 Å². The van der Waals surface area contributed by atoms with Crippen LogP contribution < -0.4 is 9.47 Å². The van der Waals surface area contributed by atoms with E-state index in [0.717, 1.165) is 29.9 Å². The lowest BCUT2D eigenvalue weighted by atomic mass is 9.87. The largest absolute Gasteiger partial charge is 0.496 e. The van der Waals surface area contributed by atoms with Gasteiger partial charge in [-0.25, -0.2) is 0 Å². The molecular formula is C18H26O3S2. The molecule has 0 saturated heterocycles. The van der Waals surface area contributed by atoms with Crippen LogP contribution in [0.3, 0.4) is 0 Å². The molecule has 1 aliphatic heterocycles. The van der Waals surface area contributed by atoms with E-state index in [2.05, 4.69) is 32.9 Å². The molecular weight excluding hydrogens is 328 g/mol. The number of rotatable bonds is 2. The smallest absolute Gasteiger partial charge is 0.220 e. The van der Waals surface area contributed by atoms with Crippen molar-refractivity contribution in [1.29, 1.82) is 0 Å². The summed E-state index contributed by atoms with van der Waals surface area (Å²) in [5.41, 5.74) is 1.83. The summed E-state index contributed by atoms with van der Waals surface area (Å²) in [6.07, 6.45) is 3.81. The van der Waals surface area contributed by atoms with Crippen LogP contribution in [0.5, 0.6) is 11.5 Å². The quantitative estimate of drug-likeness (QED) is 0.690. The second-order valence-electron chi connectivity index (χ2n) is 6.60. The Balaban J connectivity index is 2.38. The maximum absolute atomic E-state index is 6.38. The third-order valence-electron chi connectivity index (χ3n) is 4.47. The maximum Gasteiger partial charge on any atom is 0.220 e. The topological polar surface area (TPSA) is 27.7 Å². The molecule has 0 unspecified atom stereocenters. The molecule has 0 radical (unpaired) electrons. The van der Waals surface area contributed by atoms with Crippen molar-refractivity contribution in [1.82, 2.24) is 0 Å². The number of fused-ring (bicyclic) bond motifs is 1. The number of aryl methyl sites for hydroxylation is 1. The van der Waals surface area contributed by atoms with Gasteiger partial charge in [-0.2, -0.15) is 0 Å². The van der Waals surface area contributed by atoms with Crippen LogP contribution in [0.2, 0.25) is 0 Å². The highest BCUT2D eigenvalue weighted by atomic mass is 32.2. The summed E-state index contributed by atoms with van der Waals surface area (Å²) in [6.45, 7) is 8.40. The Morgan fingerprint density at radius 3 is 2.65 bits per heavy atom. The van der Waals surface area contributed by atoms with Crippen molar-refractivity contribution in [3.05, 3.63) is 23.3 Å². The molecule has 128 valence electrons. The van der Waals surface area contributed by atoms with E-state index in [1.165, 1.54) is 17.3 Å². The van der Waals surface area contributed by atoms with E-state index in [9.17, 15) is 0 Å². The third-order valence-corrected chi connectivity index (χ3v) is 5.50. The number of hydrogen-bond acceptors (Lipinski definition) is 5. The van der Waals surface area contributed by atoms with Crippen LogP contribution in [-0.2, 0) is 4.74 Å². The Bertz CT molecular complexity index is 584. The number of ether oxygens (including phenoxy) is 3. The zero-order chi connectivity index (χ0) is 17.2. The normalized spacial score (nSPS) is 23.0. The highest BCUT2D eigenvalue weighted by Crippen LogP contribution is 2.41. The van der Waals surface area contributed by atoms with Gasteiger partial charge in [0.25, 0.3) is 0 Å². The molecule has 5 heteroatoms. The molecule has 0 spiro atoms. The first-order valence-corrected chi connectivity index (χ1v) is 9.54. The Kier molecular flexibility index (Phi) is 5.84. The van der Waals surface area contributed by atoms with Crippen molar-refractivity contribution in [2.75, 3.05) is 13.4 Å². The first-order chi connectivity index (χ1) is 10.8. The van der Waals surface area contributed by atoms with E-state index in [1.807, 2.05) is 13.2 Å². The van der Waals surface area contributed by atoms with Crippen molar-refractivity contribution in [2.24, 2.45) is 0 Å². The molecule has 1 aliphatic rings. The Labute approximate surface area is 149 Å². The van der Waals surface area contributed by atoms with E-state index in [1.54, 1.807) is 7.11 Å². The van der Waals surface area contributed by atoms with E-state index in [-0.39, 0.29) is 6.10 Å². The number of thiocarbonyl (C=S) groups is 1. The molecule has 0 aliphatic carbocycles. The first kappa shape index (κ1) is 18.4. The minimum atomic E-state index is -0.449. The van der Waals surface area contributed by atoms with Crippen LogP contribution in [-0.4, -0.2) is 29.5 Å². The molecule has 0 amide bonds.